The van der Waals surface area contributed by atoms with E-state index in [9.17, 15) is 0 Å². The monoisotopic (exact) mass is 316 g/mol. The van der Waals surface area contributed by atoms with E-state index in [-0.39, 0.29) is 0 Å². The minimum absolute atomic E-state index is 0.304. The van der Waals surface area contributed by atoms with Crippen molar-refractivity contribution >= 4 is 27.8 Å². The first-order chi connectivity index (χ1) is 11.6. The Hall–Kier alpha value is -2.48. The zero-order chi connectivity index (χ0) is 16.8. The molecule has 3 aromatic rings. The van der Waals surface area contributed by atoms with E-state index in [1.54, 1.807) is 0 Å². The molecule has 0 N–H and O–H groups in total. The first-order valence-corrected chi connectivity index (χ1v) is 8.74. The lowest BCUT2D eigenvalue weighted by Crippen LogP contribution is -2.42. The third-order valence-electron chi connectivity index (χ3n) is 5.09. The highest BCUT2D eigenvalue weighted by molar-refractivity contribution is 5.97. The van der Waals surface area contributed by atoms with Gasteiger partial charge in [-0.15, -0.1) is 0 Å². The van der Waals surface area contributed by atoms with E-state index in [0.717, 1.165) is 0 Å². The summed E-state index contributed by atoms with van der Waals surface area (Å²) in [7, 11) is 0. The van der Waals surface area contributed by atoms with Crippen molar-refractivity contribution in [2.24, 2.45) is 0 Å². The average molecular weight is 316 g/mol. The predicted molar refractivity (Wildman–Crippen MR) is 104 cm³/mol. The van der Waals surface area contributed by atoms with Crippen LogP contribution >= 0.6 is 0 Å². The molecule has 0 aromatic heterocycles. The molecule has 0 bridgehead atoms. The van der Waals surface area contributed by atoms with E-state index < -0.39 is 0 Å². The van der Waals surface area contributed by atoms with E-state index in [4.69, 9.17) is 0 Å². The van der Waals surface area contributed by atoms with Gasteiger partial charge in [0.1, 0.15) is 6.17 Å². The summed E-state index contributed by atoms with van der Waals surface area (Å²) in [4.78, 5) is 5.01. The van der Waals surface area contributed by atoms with Gasteiger partial charge in [-0.05, 0) is 62.2 Å². The molecule has 4 rings (SSSR count). The van der Waals surface area contributed by atoms with Crippen molar-refractivity contribution in [2.45, 2.75) is 39.9 Å². The molecule has 2 nitrogen and oxygen atoms in total. The van der Waals surface area contributed by atoms with E-state index >= 15 is 0 Å². The van der Waals surface area contributed by atoms with Crippen molar-refractivity contribution in [3.05, 3.63) is 66.2 Å². The Morgan fingerprint density at radius 3 is 2.00 bits per heavy atom. The molecule has 0 aliphatic carbocycles. The molecule has 0 amide bonds. The molecule has 0 saturated heterocycles. The van der Waals surface area contributed by atoms with Crippen LogP contribution in [0.15, 0.2) is 60.7 Å². The van der Waals surface area contributed by atoms with Crippen LogP contribution in [0.3, 0.4) is 0 Å². The second-order valence-electron chi connectivity index (χ2n) is 6.98. The highest BCUT2D eigenvalue weighted by atomic mass is 15.4. The maximum absolute atomic E-state index is 2.52. The fourth-order valence-corrected chi connectivity index (χ4v) is 4.02. The van der Waals surface area contributed by atoms with Crippen molar-refractivity contribution in [1.29, 1.82) is 0 Å². The molecule has 0 saturated carbocycles. The molecular weight excluding hydrogens is 292 g/mol. The van der Waals surface area contributed by atoms with Crippen LogP contribution in [0.5, 0.6) is 0 Å². The normalized spacial score (nSPS) is 17.0. The van der Waals surface area contributed by atoms with Gasteiger partial charge in [-0.25, -0.2) is 0 Å². The van der Waals surface area contributed by atoms with E-state index in [2.05, 4.69) is 98.2 Å². The van der Waals surface area contributed by atoms with Gasteiger partial charge in [0, 0.05) is 11.7 Å². The highest BCUT2D eigenvalue weighted by Crippen LogP contribution is 2.47. The number of fused-ring (bicyclic) bond motifs is 2. The molecule has 1 aliphatic heterocycles. The van der Waals surface area contributed by atoms with Gasteiger partial charge in [0.15, 0.2) is 0 Å². The average Bonchev–Trinajstić information content (AvgIpc) is 2.84. The van der Waals surface area contributed by atoms with Crippen LogP contribution in [-0.2, 0) is 0 Å². The van der Waals surface area contributed by atoms with Crippen LogP contribution in [-0.4, -0.2) is 12.2 Å². The Morgan fingerprint density at radius 2 is 1.38 bits per heavy atom. The fraction of sp³-hybridized carbons (Fsp3) is 0.273. The number of hydrogen-bond acceptors (Lipinski definition) is 2. The van der Waals surface area contributed by atoms with Gasteiger partial charge < -0.3 is 9.80 Å². The van der Waals surface area contributed by atoms with E-state index in [1.165, 1.54) is 33.4 Å². The van der Waals surface area contributed by atoms with Crippen LogP contribution in [0.1, 0.15) is 26.3 Å². The van der Waals surface area contributed by atoms with Crippen molar-refractivity contribution in [2.75, 3.05) is 9.80 Å². The van der Waals surface area contributed by atoms with Crippen LogP contribution in [0, 0.1) is 6.92 Å². The van der Waals surface area contributed by atoms with Gasteiger partial charge in [-0.2, -0.15) is 0 Å². The van der Waals surface area contributed by atoms with Crippen LogP contribution < -0.4 is 9.80 Å². The number of aryl methyl sites for hydroxylation is 1. The molecule has 24 heavy (non-hydrogen) atoms. The van der Waals surface area contributed by atoms with Gasteiger partial charge in [0.25, 0.3) is 0 Å². The summed E-state index contributed by atoms with van der Waals surface area (Å²) in [5, 5.41) is 2.60. The fourth-order valence-electron chi connectivity index (χ4n) is 4.02. The minimum Gasteiger partial charge on any atom is -0.347 e. The summed E-state index contributed by atoms with van der Waals surface area (Å²) in [5.41, 5.74) is 5.25. The summed E-state index contributed by atoms with van der Waals surface area (Å²) in [6, 6.07) is 22.5. The second-order valence-corrected chi connectivity index (χ2v) is 6.98. The van der Waals surface area contributed by atoms with Gasteiger partial charge in [-0.3, -0.25) is 0 Å². The molecule has 1 atom stereocenters. The number of anilines is 3. The lowest BCUT2D eigenvalue weighted by Gasteiger charge is -2.33. The summed E-state index contributed by atoms with van der Waals surface area (Å²) < 4.78 is 0. The first-order valence-electron chi connectivity index (χ1n) is 8.74. The number of benzene rings is 3. The Balaban J connectivity index is 1.98. The lowest BCUT2D eigenvalue weighted by atomic mass is 10.1. The Labute approximate surface area is 144 Å². The molecule has 2 heteroatoms. The van der Waals surface area contributed by atoms with Gasteiger partial charge in [0.05, 0.1) is 11.4 Å². The Kier molecular flexibility index (Phi) is 3.49. The minimum atomic E-state index is 0.304. The maximum atomic E-state index is 2.52. The SMILES string of the molecule is Cc1ccccc1N1c2cc3ccccc3cc2N(C(C)C)[C@@H]1C. The summed E-state index contributed by atoms with van der Waals surface area (Å²) in [6.07, 6.45) is 0.304. The second kappa shape index (κ2) is 5.55. The first kappa shape index (κ1) is 15.1. The van der Waals surface area contributed by atoms with Crippen LogP contribution in [0.2, 0.25) is 0 Å². The third-order valence-corrected chi connectivity index (χ3v) is 5.09. The zero-order valence-electron chi connectivity index (χ0n) is 14.8. The standard InChI is InChI=1S/C22H24N2/c1-15(2)23-17(4)24(20-12-8-5-9-16(20)3)22-14-19-11-7-6-10-18(19)13-21(22)23/h5-15,17H,1-4H3/t17-/m0/s1. The molecule has 0 unspecified atom stereocenters. The van der Waals surface area contributed by atoms with Crippen molar-refractivity contribution in [3.63, 3.8) is 0 Å². The zero-order valence-corrected chi connectivity index (χ0v) is 14.8. The van der Waals surface area contributed by atoms with E-state index in [1.807, 2.05) is 0 Å². The number of para-hydroxylation sites is 1. The van der Waals surface area contributed by atoms with E-state index in [0.29, 0.717) is 12.2 Å². The molecular formula is C22H24N2. The van der Waals surface area contributed by atoms with Crippen LogP contribution in [0.25, 0.3) is 10.8 Å². The van der Waals surface area contributed by atoms with Gasteiger partial charge >= 0.3 is 0 Å². The van der Waals surface area contributed by atoms with Crippen molar-refractivity contribution < 1.29 is 0 Å². The molecule has 0 spiro atoms. The molecule has 0 fully saturated rings. The third kappa shape index (κ3) is 2.17. The molecule has 122 valence electrons. The quantitative estimate of drug-likeness (QED) is 0.584. The number of hydrogen-bond donors (Lipinski definition) is 0. The van der Waals surface area contributed by atoms with Gasteiger partial charge in [-0.1, -0.05) is 42.5 Å². The van der Waals surface area contributed by atoms with Gasteiger partial charge in [0.2, 0.25) is 0 Å². The molecule has 0 radical (unpaired) electrons. The molecule has 1 aliphatic rings. The summed E-state index contributed by atoms with van der Waals surface area (Å²) in [5.74, 6) is 0. The summed E-state index contributed by atoms with van der Waals surface area (Å²) in [6.45, 7) is 9.05. The Bertz CT molecular complexity index is 897. The highest BCUT2D eigenvalue weighted by Gasteiger charge is 2.35. The topological polar surface area (TPSA) is 6.48 Å². The van der Waals surface area contributed by atoms with Crippen LogP contribution in [0.4, 0.5) is 17.1 Å². The lowest BCUT2D eigenvalue weighted by molar-refractivity contribution is 0.606. The molecule has 1 heterocycles. The predicted octanol–water partition coefficient (Wildman–Crippen LogP) is 5.86. The maximum Gasteiger partial charge on any atom is 0.104 e. The largest absolute Gasteiger partial charge is 0.347 e. The molecule has 3 aromatic carbocycles. The van der Waals surface area contributed by atoms with Crippen molar-refractivity contribution in [1.82, 2.24) is 0 Å². The number of rotatable bonds is 2. The summed E-state index contributed by atoms with van der Waals surface area (Å²) >= 11 is 0. The number of nitrogens with zero attached hydrogens (tertiary/aromatic N) is 2. The Morgan fingerprint density at radius 1 is 0.792 bits per heavy atom. The van der Waals surface area contributed by atoms with Crippen molar-refractivity contribution in [3.8, 4) is 0 Å². The smallest absolute Gasteiger partial charge is 0.104 e.